The number of carbonyl (C=O) groups is 4. The number of ether oxygens (including phenoxy) is 1. The maximum absolute atomic E-state index is 12.9. The third-order valence-electron chi connectivity index (χ3n) is 7.12. The number of aromatic nitrogens is 1. The van der Waals surface area contributed by atoms with Gasteiger partial charge in [-0.2, -0.15) is 0 Å². The van der Waals surface area contributed by atoms with Gasteiger partial charge in [-0.1, -0.05) is 48.0 Å². The summed E-state index contributed by atoms with van der Waals surface area (Å²) in [6.07, 6.45) is 2.75. The molecule has 1 rings (SSSR count). The van der Waals surface area contributed by atoms with E-state index in [1.54, 1.807) is 19.4 Å². The van der Waals surface area contributed by atoms with E-state index in [1.807, 2.05) is 25.8 Å². The van der Waals surface area contributed by atoms with Crippen LogP contribution >= 0.6 is 11.3 Å². The van der Waals surface area contributed by atoms with Crippen molar-refractivity contribution >= 4 is 35.0 Å². The Morgan fingerprint density at radius 3 is 2.23 bits per heavy atom. The summed E-state index contributed by atoms with van der Waals surface area (Å²) in [5, 5.41) is 10.4. The molecule has 0 aromatic carbocycles. The third kappa shape index (κ3) is 11.2. The SMILES string of the molecule is CCC(C)NC(=O)CNC(=O)C(CC)NC(=O)c1csc(C(CC(C(C)C)N(C)C(=O)C[C@@H](C)CC)OC)n1. The quantitative estimate of drug-likeness (QED) is 0.263. The molecule has 3 N–H and O–H groups in total. The Labute approximate surface area is 238 Å². The van der Waals surface area contributed by atoms with Crippen LogP contribution in [0.2, 0.25) is 0 Å². The summed E-state index contributed by atoms with van der Waals surface area (Å²) in [6, 6.07) is -0.835. The van der Waals surface area contributed by atoms with E-state index in [1.165, 1.54) is 11.3 Å². The predicted octanol–water partition coefficient (Wildman–Crippen LogP) is 3.68. The van der Waals surface area contributed by atoms with Crippen molar-refractivity contribution in [2.24, 2.45) is 11.8 Å². The van der Waals surface area contributed by atoms with Gasteiger partial charge in [-0.25, -0.2) is 4.98 Å². The zero-order valence-corrected chi connectivity index (χ0v) is 25.9. The molecule has 0 bridgehead atoms. The first kappa shape index (κ1) is 34.5. The van der Waals surface area contributed by atoms with Crippen LogP contribution in [0.3, 0.4) is 0 Å². The molecule has 1 heterocycles. The van der Waals surface area contributed by atoms with Gasteiger partial charge >= 0.3 is 0 Å². The minimum absolute atomic E-state index is 0.0207. The minimum atomic E-state index is -0.798. The highest BCUT2D eigenvalue weighted by atomic mass is 32.1. The molecule has 10 nitrogen and oxygen atoms in total. The lowest BCUT2D eigenvalue weighted by Crippen LogP contribution is -2.49. The van der Waals surface area contributed by atoms with Crippen LogP contribution < -0.4 is 16.0 Å². The lowest BCUT2D eigenvalue weighted by molar-refractivity contribution is -0.134. The molecule has 11 heteroatoms. The summed E-state index contributed by atoms with van der Waals surface area (Å²) in [5.74, 6) is -0.548. The van der Waals surface area contributed by atoms with E-state index in [0.29, 0.717) is 30.2 Å². The maximum atomic E-state index is 12.9. The molecule has 0 aliphatic carbocycles. The molecule has 4 unspecified atom stereocenters. The van der Waals surface area contributed by atoms with Gasteiger partial charge in [0, 0.05) is 44.5 Å². The Kier molecular flexibility index (Phi) is 15.2. The molecule has 4 amide bonds. The molecule has 1 aromatic heterocycles. The summed E-state index contributed by atoms with van der Waals surface area (Å²) >= 11 is 1.31. The van der Waals surface area contributed by atoms with Crippen molar-refractivity contribution in [3.05, 3.63) is 16.1 Å². The first-order chi connectivity index (χ1) is 18.4. The molecule has 0 fully saturated rings. The first-order valence-corrected chi connectivity index (χ1v) is 14.9. The van der Waals surface area contributed by atoms with E-state index in [4.69, 9.17) is 4.74 Å². The highest BCUT2D eigenvalue weighted by Gasteiger charge is 2.30. The van der Waals surface area contributed by atoms with Crippen LogP contribution in [0, 0.1) is 11.8 Å². The first-order valence-electron chi connectivity index (χ1n) is 14.0. The largest absolute Gasteiger partial charge is 0.374 e. The molecule has 0 aliphatic rings. The molecule has 0 aliphatic heterocycles. The fourth-order valence-corrected chi connectivity index (χ4v) is 4.90. The van der Waals surface area contributed by atoms with E-state index in [2.05, 4.69) is 48.6 Å². The Bertz CT molecular complexity index is 937. The van der Waals surface area contributed by atoms with Crippen LogP contribution in [0.15, 0.2) is 5.38 Å². The van der Waals surface area contributed by atoms with Crippen molar-refractivity contribution < 1.29 is 23.9 Å². The number of rotatable bonds is 17. The summed E-state index contributed by atoms with van der Waals surface area (Å²) in [6.45, 7) is 13.8. The molecular weight excluding hydrogens is 518 g/mol. The van der Waals surface area contributed by atoms with Gasteiger partial charge in [-0.15, -0.1) is 11.3 Å². The van der Waals surface area contributed by atoms with Crippen LogP contribution in [0.25, 0.3) is 0 Å². The van der Waals surface area contributed by atoms with Crippen LogP contribution in [0.4, 0.5) is 0 Å². The fraction of sp³-hybridized carbons (Fsp3) is 0.750. The number of methoxy groups -OCH3 is 1. The van der Waals surface area contributed by atoms with Gasteiger partial charge in [-0.05, 0) is 31.6 Å². The summed E-state index contributed by atoms with van der Waals surface area (Å²) in [5.41, 5.74) is 0.195. The molecule has 39 heavy (non-hydrogen) atoms. The predicted molar refractivity (Wildman–Crippen MR) is 154 cm³/mol. The number of hydrogen-bond donors (Lipinski definition) is 3. The van der Waals surface area contributed by atoms with Gasteiger partial charge in [0.05, 0.1) is 6.54 Å². The van der Waals surface area contributed by atoms with Gasteiger partial charge in [0.25, 0.3) is 5.91 Å². The highest BCUT2D eigenvalue weighted by molar-refractivity contribution is 7.09. The van der Waals surface area contributed by atoms with Crippen LogP contribution in [-0.2, 0) is 19.1 Å². The fourth-order valence-electron chi connectivity index (χ4n) is 4.01. The lowest BCUT2D eigenvalue weighted by atomic mass is 9.95. The van der Waals surface area contributed by atoms with Crippen LogP contribution in [-0.4, -0.2) is 72.3 Å². The normalized spacial score (nSPS) is 15.1. The number of thiazole rings is 1. The van der Waals surface area contributed by atoms with Crippen molar-refractivity contribution in [1.82, 2.24) is 25.8 Å². The van der Waals surface area contributed by atoms with Gasteiger partial charge in [0.2, 0.25) is 17.7 Å². The van der Waals surface area contributed by atoms with Crippen molar-refractivity contribution in [2.45, 2.75) is 105 Å². The van der Waals surface area contributed by atoms with Crippen molar-refractivity contribution in [2.75, 3.05) is 20.7 Å². The van der Waals surface area contributed by atoms with Crippen molar-refractivity contribution in [3.63, 3.8) is 0 Å². The van der Waals surface area contributed by atoms with E-state index in [0.717, 1.165) is 12.8 Å². The second-order valence-electron chi connectivity index (χ2n) is 10.6. The number of carbonyl (C=O) groups excluding carboxylic acids is 4. The van der Waals surface area contributed by atoms with Gasteiger partial charge in [-0.3, -0.25) is 19.2 Å². The zero-order chi connectivity index (χ0) is 29.7. The monoisotopic (exact) mass is 567 g/mol. The van der Waals surface area contributed by atoms with Crippen molar-refractivity contribution in [1.29, 1.82) is 0 Å². The summed E-state index contributed by atoms with van der Waals surface area (Å²) in [4.78, 5) is 56.6. The molecular formula is C28H49N5O5S. The van der Waals surface area contributed by atoms with Crippen LogP contribution in [0.5, 0.6) is 0 Å². The molecule has 222 valence electrons. The van der Waals surface area contributed by atoms with E-state index < -0.39 is 24.0 Å². The Morgan fingerprint density at radius 2 is 1.69 bits per heavy atom. The number of hydrogen-bond acceptors (Lipinski definition) is 7. The lowest BCUT2D eigenvalue weighted by Gasteiger charge is -2.34. The average Bonchev–Trinajstić information content (AvgIpc) is 3.40. The summed E-state index contributed by atoms with van der Waals surface area (Å²) < 4.78 is 5.75. The van der Waals surface area contributed by atoms with Gasteiger partial charge in [0.1, 0.15) is 22.8 Å². The average molecular weight is 568 g/mol. The molecule has 0 saturated heterocycles. The third-order valence-corrected chi connectivity index (χ3v) is 8.06. The van der Waals surface area contributed by atoms with Crippen LogP contribution in [0.1, 0.15) is 102 Å². The second kappa shape index (κ2) is 17.2. The summed E-state index contributed by atoms with van der Waals surface area (Å²) in [7, 11) is 3.44. The maximum Gasteiger partial charge on any atom is 0.271 e. The molecule has 0 radical (unpaired) electrons. The Morgan fingerprint density at radius 1 is 1.03 bits per heavy atom. The standard InChI is InChI=1S/C28H49N5O5S/c1-10-18(6)13-25(35)33(8)22(17(4)5)14-23(38-9)28-32-21(16-39-28)27(37)31-20(12-3)26(36)29-15-24(34)30-19(7)11-2/h16-20,22-23H,10-15H2,1-9H3,(H,29,36)(H,30,34)(H,31,37)/t18-,19?,20?,22?,23?/m0/s1. The molecule has 5 atom stereocenters. The van der Waals surface area contributed by atoms with E-state index in [-0.39, 0.29) is 42.1 Å². The van der Waals surface area contributed by atoms with Gasteiger partial charge in [0.15, 0.2) is 0 Å². The molecule has 0 spiro atoms. The van der Waals surface area contributed by atoms with Crippen molar-refractivity contribution in [3.8, 4) is 0 Å². The zero-order valence-electron chi connectivity index (χ0n) is 25.1. The Hall–Kier alpha value is -2.53. The number of nitrogens with zero attached hydrogens (tertiary/aromatic N) is 2. The van der Waals surface area contributed by atoms with E-state index >= 15 is 0 Å². The molecule has 0 saturated carbocycles. The molecule has 1 aromatic rings. The number of amides is 4. The smallest absolute Gasteiger partial charge is 0.271 e. The minimum Gasteiger partial charge on any atom is -0.374 e. The second-order valence-corrected chi connectivity index (χ2v) is 11.5. The van der Waals surface area contributed by atoms with Gasteiger partial charge < -0.3 is 25.6 Å². The Balaban J connectivity index is 2.85. The topological polar surface area (TPSA) is 130 Å². The van der Waals surface area contributed by atoms with E-state index in [9.17, 15) is 19.2 Å². The number of nitrogens with one attached hydrogen (secondary N) is 3. The highest BCUT2D eigenvalue weighted by Crippen LogP contribution is 2.30.